The lowest BCUT2D eigenvalue weighted by Crippen LogP contribution is -2.57. The largest absolute Gasteiger partial charge is 0.490 e. The zero-order chi connectivity index (χ0) is 19.2. The molecule has 0 amide bonds. The van der Waals surface area contributed by atoms with Gasteiger partial charge in [-0.1, -0.05) is 6.07 Å². The minimum Gasteiger partial charge on any atom is -0.490 e. The molecule has 1 fully saturated rings. The molecule has 142 valence electrons. The molecule has 0 atom stereocenters. The van der Waals surface area contributed by atoms with E-state index in [1.165, 1.54) is 6.07 Å². The first-order valence-electron chi connectivity index (χ1n) is 8.46. The molecule has 4 rings (SSSR count). The molecule has 2 N–H and O–H groups in total. The third-order valence-corrected chi connectivity index (χ3v) is 4.86. The topological polar surface area (TPSA) is 52.5 Å². The summed E-state index contributed by atoms with van der Waals surface area (Å²) >= 11 is 0. The van der Waals surface area contributed by atoms with Gasteiger partial charge in [-0.25, -0.2) is 9.37 Å². The SMILES string of the molecule is NC1(Cc2cccn3ccnc23)CC(Oc2ccc(F)c(C(F)(F)F)c2)C1. The van der Waals surface area contributed by atoms with Gasteiger partial charge in [-0.3, -0.25) is 0 Å². The summed E-state index contributed by atoms with van der Waals surface area (Å²) in [4.78, 5) is 4.32. The van der Waals surface area contributed by atoms with Crippen LogP contribution < -0.4 is 10.5 Å². The van der Waals surface area contributed by atoms with E-state index in [9.17, 15) is 17.6 Å². The van der Waals surface area contributed by atoms with Crippen molar-refractivity contribution in [2.45, 2.75) is 37.1 Å². The first-order chi connectivity index (χ1) is 12.7. The molecule has 8 heteroatoms. The fourth-order valence-corrected chi connectivity index (χ4v) is 3.59. The number of hydrogen-bond acceptors (Lipinski definition) is 3. The number of benzene rings is 1. The van der Waals surface area contributed by atoms with E-state index in [0.717, 1.165) is 17.3 Å². The van der Waals surface area contributed by atoms with Crippen LogP contribution in [0.2, 0.25) is 0 Å². The summed E-state index contributed by atoms with van der Waals surface area (Å²) in [6, 6.07) is 6.53. The zero-order valence-electron chi connectivity index (χ0n) is 14.2. The van der Waals surface area contributed by atoms with E-state index >= 15 is 0 Å². The molecule has 4 nitrogen and oxygen atoms in total. The third kappa shape index (κ3) is 3.49. The molecule has 1 aliphatic carbocycles. The molecule has 0 radical (unpaired) electrons. The van der Waals surface area contributed by atoms with Gasteiger partial charge < -0.3 is 14.9 Å². The smallest absolute Gasteiger partial charge is 0.419 e. The molecule has 0 spiro atoms. The second-order valence-electron chi connectivity index (χ2n) is 7.02. The van der Waals surface area contributed by atoms with E-state index in [1.54, 1.807) is 6.20 Å². The highest BCUT2D eigenvalue weighted by Gasteiger charge is 2.43. The molecule has 2 aromatic heterocycles. The highest BCUT2D eigenvalue weighted by molar-refractivity contribution is 5.48. The molecule has 1 aromatic carbocycles. The number of rotatable bonds is 4. The van der Waals surface area contributed by atoms with E-state index in [1.807, 2.05) is 28.9 Å². The number of halogens is 4. The number of nitrogens with zero attached hydrogens (tertiary/aromatic N) is 2. The van der Waals surface area contributed by atoms with Crippen LogP contribution in [-0.4, -0.2) is 21.0 Å². The zero-order valence-corrected chi connectivity index (χ0v) is 14.2. The van der Waals surface area contributed by atoms with Gasteiger partial charge in [-0.05, 0) is 36.2 Å². The van der Waals surface area contributed by atoms with Crippen LogP contribution >= 0.6 is 0 Å². The number of pyridine rings is 1. The van der Waals surface area contributed by atoms with Crippen LogP contribution in [0.3, 0.4) is 0 Å². The first-order valence-corrected chi connectivity index (χ1v) is 8.46. The molecule has 0 bridgehead atoms. The average molecular weight is 379 g/mol. The second kappa shape index (κ2) is 6.23. The fourth-order valence-electron chi connectivity index (χ4n) is 3.59. The Kier molecular flexibility index (Phi) is 4.10. The van der Waals surface area contributed by atoms with Gasteiger partial charge in [-0.2, -0.15) is 13.2 Å². The summed E-state index contributed by atoms with van der Waals surface area (Å²) in [6.45, 7) is 0. The Bertz CT molecular complexity index is 976. The maximum absolute atomic E-state index is 13.4. The van der Waals surface area contributed by atoms with Gasteiger partial charge in [0.1, 0.15) is 23.3 Å². The molecular formula is C19H17F4N3O. The average Bonchev–Trinajstić information content (AvgIpc) is 3.04. The van der Waals surface area contributed by atoms with Crippen molar-refractivity contribution in [2.75, 3.05) is 0 Å². The Labute approximate surface area is 152 Å². The van der Waals surface area contributed by atoms with E-state index in [0.29, 0.717) is 25.3 Å². The minimum absolute atomic E-state index is 0.00821. The van der Waals surface area contributed by atoms with Crippen molar-refractivity contribution >= 4 is 5.65 Å². The Morgan fingerprint density at radius 1 is 1.22 bits per heavy atom. The molecular weight excluding hydrogens is 362 g/mol. The highest BCUT2D eigenvalue weighted by Crippen LogP contribution is 2.38. The van der Waals surface area contributed by atoms with E-state index < -0.39 is 23.1 Å². The third-order valence-electron chi connectivity index (χ3n) is 4.86. The van der Waals surface area contributed by atoms with Crippen molar-refractivity contribution in [3.63, 3.8) is 0 Å². The van der Waals surface area contributed by atoms with Crippen molar-refractivity contribution in [1.82, 2.24) is 9.38 Å². The highest BCUT2D eigenvalue weighted by atomic mass is 19.4. The molecule has 2 heterocycles. The minimum atomic E-state index is -4.76. The number of imidazole rings is 1. The molecule has 0 saturated heterocycles. The number of aromatic nitrogens is 2. The monoisotopic (exact) mass is 379 g/mol. The summed E-state index contributed by atoms with van der Waals surface area (Å²) < 4.78 is 59.3. The Hall–Kier alpha value is -2.61. The maximum atomic E-state index is 13.4. The predicted octanol–water partition coefficient (Wildman–Crippen LogP) is 3.97. The van der Waals surface area contributed by atoms with Crippen LogP contribution in [0.25, 0.3) is 5.65 Å². The van der Waals surface area contributed by atoms with Gasteiger partial charge in [0.15, 0.2) is 0 Å². The summed E-state index contributed by atoms with van der Waals surface area (Å²) in [5.41, 5.74) is 6.40. The lowest BCUT2D eigenvalue weighted by molar-refractivity contribution is -0.140. The Morgan fingerprint density at radius 3 is 2.74 bits per heavy atom. The van der Waals surface area contributed by atoms with Crippen LogP contribution in [0.15, 0.2) is 48.9 Å². The standard InChI is InChI=1S/C19H17F4N3O/c20-16-4-3-13(8-15(16)19(21,22)23)27-14-10-18(24,11-14)9-12-2-1-6-26-7-5-25-17(12)26/h1-8,14H,9-11,24H2. The fraction of sp³-hybridized carbons (Fsp3) is 0.316. The van der Waals surface area contributed by atoms with Crippen LogP contribution in [0, 0.1) is 5.82 Å². The van der Waals surface area contributed by atoms with Gasteiger partial charge in [0.25, 0.3) is 0 Å². The maximum Gasteiger partial charge on any atom is 0.419 e. The van der Waals surface area contributed by atoms with Crippen molar-refractivity contribution in [3.05, 3.63) is 65.9 Å². The molecule has 0 unspecified atom stereocenters. The lowest BCUT2D eigenvalue weighted by atomic mass is 9.71. The van der Waals surface area contributed by atoms with E-state index in [4.69, 9.17) is 10.5 Å². The molecule has 3 aromatic rings. The van der Waals surface area contributed by atoms with Gasteiger partial charge in [0, 0.05) is 37.0 Å². The van der Waals surface area contributed by atoms with Crippen molar-refractivity contribution in [3.8, 4) is 5.75 Å². The predicted molar refractivity (Wildman–Crippen MR) is 90.9 cm³/mol. The number of alkyl halides is 3. The van der Waals surface area contributed by atoms with Gasteiger partial charge in [-0.15, -0.1) is 0 Å². The summed E-state index contributed by atoms with van der Waals surface area (Å²) in [5, 5.41) is 0. The van der Waals surface area contributed by atoms with Crippen LogP contribution in [-0.2, 0) is 12.6 Å². The van der Waals surface area contributed by atoms with Crippen LogP contribution in [0.5, 0.6) is 5.75 Å². The normalized spacial score (nSPS) is 22.6. The molecule has 0 aliphatic heterocycles. The second-order valence-corrected chi connectivity index (χ2v) is 7.02. The van der Waals surface area contributed by atoms with Gasteiger partial charge in [0.2, 0.25) is 0 Å². The lowest BCUT2D eigenvalue weighted by Gasteiger charge is -2.44. The summed E-state index contributed by atoms with van der Waals surface area (Å²) in [5.74, 6) is -1.32. The quantitative estimate of drug-likeness (QED) is 0.698. The molecule has 27 heavy (non-hydrogen) atoms. The van der Waals surface area contributed by atoms with Crippen molar-refractivity contribution in [2.24, 2.45) is 5.73 Å². The number of ether oxygens (including phenoxy) is 1. The van der Waals surface area contributed by atoms with E-state index in [-0.39, 0.29) is 11.9 Å². The molecule has 1 saturated carbocycles. The number of hydrogen-bond donors (Lipinski definition) is 1. The first kappa shape index (κ1) is 17.8. The van der Waals surface area contributed by atoms with Crippen LogP contribution in [0.4, 0.5) is 17.6 Å². The van der Waals surface area contributed by atoms with E-state index in [2.05, 4.69) is 4.98 Å². The van der Waals surface area contributed by atoms with Crippen molar-refractivity contribution < 1.29 is 22.3 Å². The number of nitrogens with two attached hydrogens (primary N) is 1. The number of fused-ring (bicyclic) bond motifs is 1. The molecule has 1 aliphatic rings. The van der Waals surface area contributed by atoms with Gasteiger partial charge in [0.05, 0.1) is 5.56 Å². The Balaban J connectivity index is 1.43. The van der Waals surface area contributed by atoms with Crippen molar-refractivity contribution in [1.29, 1.82) is 0 Å². The summed E-state index contributed by atoms with van der Waals surface area (Å²) in [7, 11) is 0. The Morgan fingerprint density at radius 2 is 2.00 bits per heavy atom. The summed E-state index contributed by atoms with van der Waals surface area (Å²) in [6.07, 6.45) is 1.97. The van der Waals surface area contributed by atoms with Crippen LogP contribution in [0.1, 0.15) is 24.0 Å². The van der Waals surface area contributed by atoms with Gasteiger partial charge >= 0.3 is 6.18 Å².